The Morgan fingerprint density at radius 1 is 0.674 bits per heavy atom. The number of aliphatic hydroxyl groups is 3. The van der Waals surface area contributed by atoms with Gasteiger partial charge in [-0.3, -0.25) is 14.4 Å². The van der Waals surface area contributed by atoms with E-state index in [9.17, 15) is 14.4 Å². The lowest BCUT2D eigenvalue weighted by molar-refractivity contribution is -0.128. The summed E-state index contributed by atoms with van der Waals surface area (Å²) in [6.07, 6.45) is 3.03. The van der Waals surface area contributed by atoms with Gasteiger partial charge in [-0.25, -0.2) is 0 Å². The molecule has 15 nitrogen and oxygen atoms in total. The number of nitrogens with one attached hydrogen (secondary N) is 3. The van der Waals surface area contributed by atoms with Crippen LogP contribution in [0.15, 0.2) is 12.1 Å². The largest absolute Gasteiger partial charge is 0.487 e. The number of unbranched alkanes of at least 4 members (excludes halogenated alkanes) is 2. The Kier molecular flexibility index (Phi) is 23.9. The van der Waals surface area contributed by atoms with Crippen molar-refractivity contribution in [2.24, 2.45) is 0 Å². The first kappa shape index (κ1) is 40.8. The van der Waals surface area contributed by atoms with E-state index in [-0.39, 0.29) is 114 Å². The third-order valence-corrected chi connectivity index (χ3v) is 6.13. The van der Waals surface area contributed by atoms with Crippen LogP contribution in [-0.2, 0) is 23.8 Å². The van der Waals surface area contributed by atoms with Crippen molar-refractivity contribution >= 4 is 17.7 Å². The molecular formula is C31H53N3O12. The van der Waals surface area contributed by atoms with Crippen LogP contribution in [0.5, 0.6) is 17.2 Å². The highest BCUT2D eigenvalue weighted by Gasteiger charge is 2.26. The molecule has 0 saturated carbocycles. The first-order valence-corrected chi connectivity index (χ1v) is 15.9. The van der Waals surface area contributed by atoms with Crippen LogP contribution >= 0.6 is 0 Å². The molecule has 1 aromatic carbocycles. The van der Waals surface area contributed by atoms with Crippen molar-refractivity contribution in [2.45, 2.75) is 52.0 Å². The van der Waals surface area contributed by atoms with Crippen LogP contribution in [0.25, 0.3) is 0 Å². The number of ether oxygens (including phenoxy) is 6. The molecule has 0 fully saturated rings. The summed E-state index contributed by atoms with van der Waals surface area (Å²) < 4.78 is 33.6. The summed E-state index contributed by atoms with van der Waals surface area (Å²) >= 11 is 0. The molecule has 3 amide bonds. The van der Waals surface area contributed by atoms with Crippen molar-refractivity contribution < 1.29 is 58.1 Å². The van der Waals surface area contributed by atoms with Gasteiger partial charge in [-0.2, -0.15) is 0 Å². The van der Waals surface area contributed by atoms with Crippen LogP contribution in [0.4, 0.5) is 0 Å². The molecule has 46 heavy (non-hydrogen) atoms. The second-order valence-corrected chi connectivity index (χ2v) is 9.93. The summed E-state index contributed by atoms with van der Waals surface area (Å²) in [4.78, 5) is 39.2. The van der Waals surface area contributed by atoms with E-state index in [0.717, 1.165) is 25.7 Å². The Morgan fingerprint density at radius 2 is 1.15 bits per heavy atom. The molecule has 264 valence electrons. The summed E-state index contributed by atoms with van der Waals surface area (Å²) in [5.41, 5.74) is 0.0687. The van der Waals surface area contributed by atoms with Crippen molar-refractivity contribution in [2.75, 3.05) is 92.4 Å². The average molecular weight is 660 g/mol. The van der Waals surface area contributed by atoms with E-state index >= 15 is 0 Å². The summed E-state index contributed by atoms with van der Waals surface area (Å²) in [6, 6.07) is 1.71. The predicted octanol–water partition coefficient (Wildman–Crippen LogP) is 0.171. The fourth-order valence-corrected chi connectivity index (χ4v) is 3.81. The number of rotatable bonds is 29. The monoisotopic (exact) mass is 659 g/mol. The fourth-order valence-electron chi connectivity index (χ4n) is 3.81. The zero-order valence-corrected chi connectivity index (χ0v) is 27.2. The van der Waals surface area contributed by atoms with E-state index in [1.54, 1.807) is 0 Å². The average Bonchev–Trinajstić information content (AvgIpc) is 3.04. The van der Waals surface area contributed by atoms with Gasteiger partial charge in [-0.15, -0.1) is 0 Å². The molecule has 0 aliphatic rings. The van der Waals surface area contributed by atoms with Crippen molar-refractivity contribution in [1.82, 2.24) is 16.0 Å². The molecule has 0 aliphatic heterocycles. The van der Waals surface area contributed by atoms with Crippen LogP contribution in [-0.4, -0.2) is 131 Å². The fraction of sp³-hybridized carbons (Fsp3) is 0.710. The predicted molar refractivity (Wildman–Crippen MR) is 168 cm³/mol. The summed E-state index contributed by atoms with van der Waals surface area (Å²) in [5.74, 6) is -1.07. The number of hydrogen-bond donors (Lipinski definition) is 6. The van der Waals surface area contributed by atoms with E-state index in [0.29, 0.717) is 13.1 Å². The lowest BCUT2D eigenvalue weighted by Crippen LogP contribution is -2.49. The number of amides is 3. The molecule has 0 unspecified atom stereocenters. The molecule has 0 radical (unpaired) electrons. The van der Waals surface area contributed by atoms with Crippen LogP contribution < -0.4 is 30.2 Å². The minimum atomic E-state index is -1.14. The SMILES string of the molecule is CCCCNC(=O)C[C@H](NC(=O)c1cc(OCCOCCO)c(OCCOCCO)c(OCCOCCO)c1)C(=O)NCCCC. The van der Waals surface area contributed by atoms with E-state index in [1.165, 1.54) is 12.1 Å². The molecule has 1 aromatic rings. The third-order valence-electron chi connectivity index (χ3n) is 6.13. The highest BCUT2D eigenvalue weighted by Crippen LogP contribution is 2.39. The van der Waals surface area contributed by atoms with E-state index in [2.05, 4.69) is 16.0 Å². The Morgan fingerprint density at radius 3 is 1.63 bits per heavy atom. The third kappa shape index (κ3) is 18.1. The lowest BCUT2D eigenvalue weighted by atomic mass is 10.1. The lowest BCUT2D eigenvalue weighted by Gasteiger charge is -2.21. The zero-order valence-electron chi connectivity index (χ0n) is 27.2. The molecule has 0 spiro atoms. The van der Waals surface area contributed by atoms with Crippen LogP contribution in [0.2, 0.25) is 0 Å². The number of carbonyl (C=O) groups excluding carboxylic acids is 3. The maximum Gasteiger partial charge on any atom is 0.252 e. The van der Waals surface area contributed by atoms with Gasteiger partial charge in [0.05, 0.1) is 65.9 Å². The van der Waals surface area contributed by atoms with Gasteiger partial charge in [0.25, 0.3) is 5.91 Å². The van der Waals surface area contributed by atoms with Gasteiger partial charge in [0.15, 0.2) is 11.5 Å². The van der Waals surface area contributed by atoms with Crippen molar-refractivity contribution in [3.63, 3.8) is 0 Å². The number of carbonyl (C=O) groups is 3. The second-order valence-electron chi connectivity index (χ2n) is 9.93. The second kappa shape index (κ2) is 27.0. The molecule has 0 heterocycles. The summed E-state index contributed by atoms with van der Waals surface area (Å²) in [5, 5.41) is 35.2. The zero-order chi connectivity index (χ0) is 33.8. The minimum Gasteiger partial charge on any atom is -0.487 e. The van der Waals surface area contributed by atoms with E-state index in [1.807, 2.05) is 13.8 Å². The molecular weight excluding hydrogens is 606 g/mol. The van der Waals surface area contributed by atoms with Crippen molar-refractivity contribution in [3.8, 4) is 17.2 Å². The topological polar surface area (TPSA) is 203 Å². The molecule has 6 N–H and O–H groups in total. The van der Waals surface area contributed by atoms with Gasteiger partial charge < -0.3 is 59.7 Å². The molecule has 0 aliphatic carbocycles. The van der Waals surface area contributed by atoms with Gasteiger partial charge in [-0.1, -0.05) is 26.7 Å². The van der Waals surface area contributed by atoms with Crippen LogP contribution in [0.3, 0.4) is 0 Å². The highest BCUT2D eigenvalue weighted by atomic mass is 16.6. The minimum absolute atomic E-state index is 0.0435. The summed E-state index contributed by atoms with van der Waals surface area (Å²) in [7, 11) is 0. The molecule has 1 rings (SSSR count). The first-order valence-electron chi connectivity index (χ1n) is 15.9. The summed E-state index contributed by atoms with van der Waals surface area (Å²) in [6.45, 7) is 5.32. The first-order chi connectivity index (χ1) is 22.4. The Balaban J connectivity index is 3.33. The van der Waals surface area contributed by atoms with Gasteiger partial charge in [0, 0.05) is 18.7 Å². The van der Waals surface area contributed by atoms with Gasteiger partial charge in [-0.05, 0) is 25.0 Å². The number of aliphatic hydroxyl groups excluding tert-OH is 3. The van der Waals surface area contributed by atoms with Gasteiger partial charge in [0.1, 0.15) is 25.9 Å². The normalized spacial score (nSPS) is 11.5. The van der Waals surface area contributed by atoms with Crippen molar-refractivity contribution in [1.29, 1.82) is 0 Å². The highest BCUT2D eigenvalue weighted by molar-refractivity contribution is 5.99. The van der Waals surface area contributed by atoms with E-state index < -0.39 is 17.9 Å². The smallest absolute Gasteiger partial charge is 0.252 e. The van der Waals surface area contributed by atoms with E-state index in [4.69, 9.17) is 43.7 Å². The van der Waals surface area contributed by atoms with Crippen molar-refractivity contribution in [3.05, 3.63) is 17.7 Å². The molecule has 0 saturated heterocycles. The molecule has 0 aromatic heterocycles. The Labute approximate surface area is 271 Å². The molecule has 1 atom stereocenters. The number of benzene rings is 1. The van der Waals surface area contributed by atoms with Gasteiger partial charge >= 0.3 is 0 Å². The maximum atomic E-state index is 13.6. The maximum absolute atomic E-state index is 13.6. The standard InChI is InChI=1S/C31H53N3O12/c1-3-5-7-32-28(38)23-25(31(40)33-8-6-4-2)34-30(39)24-21-26(44-18-15-41-12-9-35)29(46-20-17-43-14-11-37)27(22-24)45-19-16-42-13-10-36/h21-22,25,35-37H,3-20,23H2,1-2H3,(H,32,38)(H,33,40)(H,34,39)/t25-/m0/s1. The quantitative estimate of drug-likeness (QED) is 0.0638. The van der Waals surface area contributed by atoms with Crippen LogP contribution in [0.1, 0.15) is 56.3 Å². The Bertz CT molecular complexity index is 947. The van der Waals surface area contributed by atoms with Crippen LogP contribution in [0, 0.1) is 0 Å². The van der Waals surface area contributed by atoms with Gasteiger partial charge in [0.2, 0.25) is 17.6 Å². The molecule has 0 bridgehead atoms. The molecule has 15 heteroatoms. The Hall–Kier alpha value is -3.21. The number of hydrogen-bond acceptors (Lipinski definition) is 12.